The first-order valence-corrected chi connectivity index (χ1v) is 12.1. The van der Waals surface area contributed by atoms with Gasteiger partial charge in [-0.15, -0.1) is 10.2 Å². The van der Waals surface area contributed by atoms with Gasteiger partial charge in [0.1, 0.15) is 17.2 Å². The van der Waals surface area contributed by atoms with Crippen molar-refractivity contribution >= 4 is 35.0 Å². The highest BCUT2D eigenvalue weighted by Gasteiger charge is 2.20. The van der Waals surface area contributed by atoms with Crippen molar-refractivity contribution in [2.45, 2.75) is 45.5 Å². The molecule has 3 aromatic rings. The second kappa shape index (κ2) is 11.5. The third-order valence-corrected chi connectivity index (χ3v) is 6.56. The Morgan fingerprint density at radius 3 is 2.50 bits per heavy atom. The number of rotatable bonds is 10. The average molecular weight is 505 g/mol. The average Bonchev–Trinajstić information content (AvgIpc) is 3.24. The van der Waals surface area contributed by atoms with E-state index in [0.717, 1.165) is 5.75 Å². The van der Waals surface area contributed by atoms with Crippen molar-refractivity contribution in [1.82, 2.24) is 14.8 Å². The summed E-state index contributed by atoms with van der Waals surface area (Å²) in [4.78, 5) is 12.6. The summed E-state index contributed by atoms with van der Waals surface area (Å²) >= 11 is 7.43. The summed E-state index contributed by atoms with van der Waals surface area (Å²) in [5.41, 5.74) is 2.85. The molecule has 0 aliphatic rings. The maximum absolute atomic E-state index is 12.6. The number of nitrogens with zero attached hydrogens (tertiary/aromatic N) is 3. The molecule has 2 aromatic carbocycles. The van der Waals surface area contributed by atoms with Crippen LogP contribution in [0.15, 0.2) is 35.5 Å². The Balaban J connectivity index is 1.67. The van der Waals surface area contributed by atoms with Crippen LogP contribution in [0.25, 0.3) is 0 Å². The quantitative estimate of drug-likeness (QED) is 0.367. The van der Waals surface area contributed by atoms with Gasteiger partial charge in [-0.1, -0.05) is 29.4 Å². The lowest BCUT2D eigenvalue weighted by atomic mass is 10.1. The maximum Gasteiger partial charge on any atom is 0.234 e. The van der Waals surface area contributed by atoms with Crippen LogP contribution in [0, 0.1) is 13.8 Å². The van der Waals surface area contributed by atoms with Gasteiger partial charge in [-0.2, -0.15) is 0 Å². The molecule has 0 saturated heterocycles. The lowest BCUT2D eigenvalue weighted by molar-refractivity contribution is -0.113. The molecule has 1 aromatic heterocycles. The molecule has 0 bridgehead atoms. The Morgan fingerprint density at radius 1 is 1.12 bits per heavy atom. The number of aryl methyl sites for hydroxylation is 2. The molecule has 0 aliphatic heterocycles. The van der Waals surface area contributed by atoms with E-state index in [4.69, 9.17) is 25.8 Å². The minimum atomic E-state index is -0.302. The number of anilines is 1. The summed E-state index contributed by atoms with van der Waals surface area (Å²) in [7, 11) is 3.02. The lowest BCUT2D eigenvalue weighted by Gasteiger charge is -2.16. The van der Waals surface area contributed by atoms with Gasteiger partial charge in [0, 0.05) is 18.7 Å². The molecular formula is C24H29ClN4O4S. The van der Waals surface area contributed by atoms with E-state index in [1.54, 1.807) is 12.1 Å². The Bertz CT molecular complexity index is 1170. The normalized spacial score (nSPS) is 11.7. The van der Waals surface area contributed by atoms with E-state index in [1.165, 1.54) is 37.1 Å². The van der Waals surface area contributed by atoms with Crippen LogP contribution in [0.2, 0.25) is 5.02 Å². The van der Waals surface area contributed by atoms with E-state index < -0.39 is 0 Å². The Labute approximate surface area is 209 Å². The Morgan fingerprint density at radius 2 is 1.85 bits per heavy atom. The van der Waals surface area contributed by atoms with Crippen LogP contribution in [0.5, 0.6) is 17.2 Å². The minimum absolute atomic E-state index is 0.138. The zero-order valence-corrected chi connectivity index (χ0v) is 21.7. The predicted molar refractivity (Wildman–Crippen MR) is 135 cm³/mol. The summed E-state index contributed by atoms with van der Waals surface area (Å²) in [6.45, 7) is 8.71. The van der Waals surface area contributed by atoms with Crippen molar-refractivity contribution in [2.24, 2.45) is 0 Å². The first-order chi connectivity index (χ1) is 16.3. The molecule has 1 amide bonds. The monoisotopic (exact) mass is 504 g/mol. The Hall–Kier alpha value is -2.91. The third-order valence-electron chi connectivity index (χ3n) is 5.30. The maximum atomic E-state index is 12.6. The highest BCUT2D eigenvalue weighted by Crippen LogP contribution is 2.36. The topological polar surface area (TPSA) is 87.5 Å². The molecule has 1 atom stereocenters. The number of amides is 1. The molecule has 1 unspecified atom stereocenters. The number of hydrogen-bond donors (Lipinski definition) is 1. The fraction of sp³-hybridized carbons (Fsp3) is 0.375. The number of benzene rings is 2. The van der Waals surface area contributed by atoms with Crippen LogP contribution < -0.4 is 19.5 Å². The zero-order valence-electron chi connectivity index (χ0n) is 20.1. The van der Waals surface area contributed by atoms with Crippen molar-refractivity contribution < 1.29 is 19.0 Å². The molecular weight excluding hydrogens is 476 g/mol. The third kappa shape index (κ3) is 5.95. The Kier molecular flexibility index (Phi) is 8.68. The number of ether oxygens (including phenoxy) is 3. The van der Waals surface area contributed by atoms with Gasteiger partial charge in [0.2, 0.25) is 5.91 Å². The molecule has 0 radical (unpaired) electrons. The summed E-state index contributed by atoms with van der Waals surface area (Å²) in [6.07, 6.45) is -0.302. The lowest BCUT2D eigenvalue weighted by Crippen LogP contribution is -2.16. The number of carbonyl (C=O) groups excluding carboxylic acids is 1. The van der Waals surface area contributed by atoms with Crippen molar-refractivity contribution in [3.05, 3.63) is 52.3 Å². The van der Waals surface area contributed by atoms with Gasteiger partial charge >= 0.3 is 0 Å². The van der Waals surface area contributed by atoms with Crippen LogP contribution in [0.1, 0.15) is 36.9 Å². The first-order valence-electron chi connectivity index (χ1n) is 10.8. The zero-order chi connectivity index (χ0) is 24.8. The van der Waals surface area contributed by atoms with E-state index in [2.05, 4.69) is 29.4 Å². The van der Waals surface area contributed by atoms with Gasteiger partial charge < -0.3 is 24.1 Å². The predicted octanol–water partition coefficient (Wildman–Crippen LogP) is 5.46. The van der Waals surface area contributed by atoms with Crippen molar-refractivity contribution in [2.75, 3.05) is 25.3 Å². The van der Waals surface area contributed by atoms with Gasteiger partial charge in [-0.05, 0) is 51.0 Å². The van der Waals surface area contributed by atoms with Crippen LogP contribution in [0.4, 0.5) is 5.69 Å². The molecule has 34 heavy (non-hydrogen) atoms. The highest BCUT2D eigenvalue weighted by molar-refractivity contribution is 7.99. The number of hydrogen-bond acceptors (Lipinski definition) is 7. The summed E-state index contributed by atoms with van der Waals surface area (Å²) in [5, 5.41) is 12.5. The second-order valence-corrected chi connectivity index (χ2v) is 8.96. The van der Waals surface area contributed by atoms with Gasteiger partial charge in [-0.3, -0.25) is 4.79 Å². The number of halogens is 1. The molecule has 8 nitrogen and oxygen atoms in total. The summed E-state index contributed by atoms with van der Waals surface area (Å²) in [5.74, 6) is 2.28. The molecule has 0 spiro atoms. The van der Waals surface area contributed by atoms with Crippen molar-refractivity contribution in [3.8, 4) is 17.2 Å². The van der Waals surface area contributed by atoms with Crippen molar-refractivity contribution in [1.29, 1.82) is 0 Å². The van der Waals surface area contributed by atoms with E-state index in [0.29, 0.717) is 39.7 Å². The smallest absolute Gasteiger partial charge is 0.234 e. The van der Waals surface area contributed by atoms with E-state index in [9.17, 15) is 4.79 Å². The summed E-state index contributed by atoms with van der Waals surface area (Å²) < 4.78 is 18.6. The SMILES string of the molecule is CCn1c(SCC(=O)Nc2cc(OC)c(Cl)cc2OC)nnc1C(C)Oc1ccc(C)c(C)c1. The fourth-order valence-electron chi connectivity index (χ4n) is 3.32. The fourth-order valence-corrected chi connectivity index (χ4v) is 4.36. The van der Waals surface area contributed by atoms with Crippen LogP contribution in [-0.2, 0) is 11.3 Å². The number of methoxy groups -OCH3 is 2. The number of nitrogens with one attached hydrogen (secondary N) is 1. The number of carbonyl (C=O) groups is 1. The minimum Gasteiger partial charge on any atom is -0.495 e. The molecule has 0 saturated carbocycles. The van der Waals surface area contributed by atoms with E-state index in [-0.39, 0.29) is 17.8 Å². The first kappa shape index (κ1) is 25.7. The van der Waals surface area contributed by atoms with Gasteiger partial charge in [-0.25, -0.2) is 0 Å². The van der Waals surface area contributed by atoms with Gasteiger partial charge in [0.05, 0.1) is 30.7 Å². The van der Waals surface area contributed by atoms with Crippen LogP contribution >= 0.6 is 23.4 Å². The van der Waals surface area contributed by atoms with Crippen molar-refractivity contribution in [3.63, 3.8) is 0 Å². The molecule has 1 heterocycles. The summed E-state index contributed by atoms with van der Waals surface area (Å²) in [6, 6.07) is 9.22. The molecule has 3 rings (SSSR count). The standard InChI is InChI=1S/C24H29ClN4O4S/c1-7-29-23(16(4)33-17-9-8-14(2)15(3)10-17)27-28-24(29)34-13-22(30)26-19-12-20(31-5)18(25)11-21(19)32-6/h8-12,16H,7,13H2,1-6H3,(H,26,30). The second-order valence-electron chi connectivity index (χ2n) is 7.62. The molecule has 1 N–H and O–H groups in total. The van der Waals surface area contributed by atoms with Crippen LogP contribution in [-0.4, -0.2) is 40.6 Å². The molecule has 0 aliphatic carbocycles. The van der Waals surface area contributed by atoms with E-state index in [1.807, 2.05) is 36.6 Å². The molecule has 182 valence electrons. The number of aromatic nitrogens is 3. The van der Waals surface area contributed by atoms with Gasteiger partial charge in [0.25, 0.3) is 0 Å². The highest BCUT2D eigenvalue weighted by atomic mass is 35.5. The van der Waals surface area contributed by atoms with Gasteiger partial charge in [0.15, 0.2) is 17.1 Å². The van der Waals surface area contributed by atoms with Crippen LogP contribution in [0.3, 0.4) is 0 Å². The number of thioether (sulfide) groups is 1. The van der Waals surface area contributed by atoms with E-state index >= 15 is 0 Å². The molecule has 0 fully saturated rings. The molecule has 10 heteroatoms. The largest absolute Gasteiger partial charge is 0.495 e.